The van der Waals surface area contributed by atoms with Crippen LogP contribution in [0.3, 0.4) is 0 Å². The van der Waals surface area contributed by atoms with Crippen molar-refractivity contribution in [3.05, 3.63) is 72.9 Å². The van der Waals surface area contributed by atoms with Gasteiger partial charge in [-0.15, -0.1) is 0 Å². The van der Waals surface area contributed by atoms with Crippen LogP contribution >= 0.6 is 7.82 Å². The summed E-state index contributed by atoms with van der Waals surface area (Å²) in [4.78, 5) is 35.0. The van der Waals surface area contributed by atoms with Gasteiger partial charge in [-0.25, -0.2) is 4.57 Å². The van der Waals surface area contributed by atoms with Gasteiger partial charge in [-0.1, -0.05) is 170 Å². The summed E-state index contributed by atoms with van der Waals surface area (Å²) in [6.45, 7) is 3.58. The topological polar surface area (TPSA) is 134 Å². The number of nitrogens with two attached hydrogens (primary N) is 1. The molecule has 2 atom stereocenters. The number of carbonyl (C=O) groups is 2. The van der Waals surface area contributed by atoms with Crippen molar-refractivity contribution >= 4 is 19.8 Å². The van der Waals surface area contributed by atoms with Crippen molar-refractivity contribution in [2.24, 2.45) is 5.73 Å². The lowest BCUT2D eigenvalue weighted by Crippen LogP contribution is -2.29. The van der Waals surface area contributed by atoms with Crippen LogP contribution in [0.2, 0.25) is 0 Å². The summed E-state index contributed by atoms with van der Waals surface area (Å²) in [6, 6.07) is 0. The smallest absolute Gasteiger partial charge is 0.462 e. The molecule has 9 nitrogen and oxygen atoms in total. The van der Waals surface area contributed by atoms with Crippen molar-refractivity contribution in [3.8, 4) is 0 Å². The average molecular weight is 848 g/mol. The van der Waals surface area contributed by atoms with Gasteiger partial charge in [-0.2, -0.15) is 0 Å². The molecule has 0 saturated carbocycles. The molecular formula is C49H86NO8P. The SMILES string of the molecule is CCC=CCC=CCC=CCC=CCC=CCCCCCC(=O)OC[C@H](COP(=O)(O)OCCN)OC(=O)CCCCCCCCCCCC=CCCCCCCCC. The maximum atomic E-state index is 12.6. The molecule has 0 aliphatic rings. The number of carbonyl (C=O) groups excluding carboxylic acids is 2. The van der Waals surface area contributed by atoms with Gasteiger partial charge >= 0.3 is 19.8 Å². The number of ether oxygens (including phenoxy) is 2. The number of hydrogen-bond donors (Lipinski definition) is 2. The first-order chi connectivity index (χ1) is 28.8. The summed E-state index contributed by atoms with van der Waals surface area (Å²) < 4.78 is 32.8. The minimum Gasteiger partial charge on any atom is -0.462 e. The molecule has 0 rings (SSSR count). The Morgan fingerprint density at radius 2 is 0.932 bits per heavy atom. The van der Waals surface area contributed by atoms with Gasteiger partial charge in [0.1, 0.15) is 6.61 Å². The van der Waals surface area contributed by atoms with E-state index in [0.29, 0.717) is 12.8 Å². The Bertz CT molecular complexity index is 1190. The third kappa shape index (κ3) is 44.8. The van der Waals surface area contributed by atoms with Crippen molar-refractivity contribution in [2.75, 3.05) is 26.4 Å². The van der Waals surface area contributed by atoms with Crippen LogP contribution in [0.5, 0.6) is 0 Å². The van der Waals surface area contributed by atoms with Gasteiger partial charge in [-0.05, 0) is 83.5 Å². The minimum absolute atomic E-state index is 0.0452. The molecule has 1 unspecified atom stereocenters. The number of phosphoric acid groups is 1. The van der Waals surface area contributed by atoms with E-state index in [-0.39, 0.29) is 32.6 Å². The number of unbranched alkanes of at least 4 members (excludes halogenated alkanes) is 18. The van der Waals surface area contributed by atoms with Gasteiger partial charge in [0.25, 0.3) is 0 Å². The molecule has 0 aromatic rings. The quantitative estimate of drug-likeness (QED) is 0.0266. The van der Waals surface area contributed by atoms with E-state index < -0.39 is 32.5 Å². The van der Waals surface area contributed by atoms with Gasteiger partial charge in [0.2, 0.25) is 0 Å². The summed E-state index contributed by atoms with van der Waals surface area (Å²) in [5.41, 5.74) is 5.35. The number of hydrogen-bond acceptors (Lipinski definition) is 8. The largest absolute Gasteiger partial charge is 0.472 e. The molecule has 0 radical (unpaired) electrons. The third-order valence-corrected chi connectivity index (χ3v) is 10.6. The fraction of sp³-hybridized carbons (Fsp3) is 0.714. The Kier molecular flexibility index (Phi) is 43.0. The van der Waals surface area contributed by atoms with Crippen LogP contribution in [0, 0.1) is 0 Å². The molecule has 0 fully saturated rings. The van der Waals surface area contributed by atoms with Crippen LogP contribution in [0.15, 0.2) is 72.9 Å². The lowest BCUT2D eigenvalue weighted by Gasteiger charge is -2.19. The molecule has 0 aromatic heterocycles. The molecule has 0 spiro atoms. The summed E-state index contributed by atoms with van der Waals surface area (Å²) in [5, 5.41) is 0. The average Bonchev–Trinajstić information content (AvgIpc) is 3.22. The van der Waals surface area contributed by atoms with Crippen LogP contribution in [0.4, 0.5) is 0 Å². The Hall–Kier alpha value is -2.55. The van der Waals surface area contributed by atoms with E-state index in [1.54, 1.807) is 0 Å². The van der Waals surface area contributed by atoms with E-state index in [4.69, 9.17) is 24.3 Å². The molecule has 0 aliphatic carbocycles. The Morgan fingerprint density at radius 3 is 1.42 bits per heavy atom. The second-order valence-electron chi connectivity index (χ2n) is 15.2. The molecule has 0 saturated heterocycles. The number of rotatable bonds is 43. The Balaban J connectivity index is 4.18. The molecule has 3 N–H and O–H groups in total. The first-order valence-electron chi connectivity index (χ1n) is 23.4. The lowest BCUT2D eigenvalue weighted by atomic mass is 10.1. The highest BCUT2D eigenvalue weighted by Gasteiger charge is 2.26. The monoisotopic (exact) mass is 848 g/mol. The summed E-state index contributed by atoms with van der Waals surface area (Å²) >= 11 is 0. The van der Waals surface area contributed by atoms with E-state index in [2.05, 4.69) is 86.8 Å². The number of allylic oxidation sites excluding steroid dienone is 12. The first kappa shape index (κ1) is 56.5. The van der Waals surface area contributed by atoms with Crippen LogP contribution in [0.25, 0.3) is 0 Å². The lowest BCUT2D eigenvalue weighted by molar-refractivity contribution is -0.161. The highest BCUT2D eigenvalue weighted by Crippen LogP contribution is 2.43. The molecule has 0 aliphatic heterocycles. The van der Waals surface area contributed by atoms with Crippen molar-refractivity contribution in [1.82, 2.24) is 0 Å². The van der Waals surface area contributed by atoms with Crippen molar-refractivity contribution in [3.63, 3.8) is 0 Å². The minimum atomic E-state index is -4.39. The zero-order chi connectivity index (χ0) is 43.2. The fourth-order valence-electron chi connectivity index (χ4n) is 6.13. The maximum absolute atomic E-state index is 12.6. The molecule has 10 heteroatoms. The van der Waals surface area contributed by atoms with Crippen LogP contribution < -0.4 is 5.73 Å². The summed E-state index contributed by atoms with van der Waals surface area (Å²) in [6.07, 6.45) is 55.0. The number of phosphoric ester groups is 1. The van der Waals surface area contributed by atoms with Crippen LogP contribution in [-0.2, 0) is 32.7 Å². The molecule has 59 heavy (non-hydrogen) atoms. The second kappa shape index (κ2) is 45.0. The second-order valence-corrected chi connectivity index (χ2v) is 16.7. The van der Waals surface area contributed by atoms with E-state index in [1.165, 1.54) is 83.5 Å². The summed E-state index contributed by atoms with van der Waals surface area (Å²) in [7, 11) is -4.39. The van der Waals surface area contributed by atoms with Crippen molar-refractivity contribution in [2.45, 2.75) is 200 Å². The van der Waals surface area contributed by atoms with E-state index in [1.807, 2.05) is 0 Å². The molecular weight excluding hydrogens is 762 g/mol. The number of esters is 2. The zero-order valence-corrected chi connectivity index (χ0v) is 38.4. The summed E-state index contributed by atoms with van der Waals surface area (Å²) in [5.74, 6) is -0.871. The van der Waals surface area contributed by atoms with E-state index in [0.717, 1.165) is 70.6 Å². The molecule has 0 amide bonds. The van der Waals surface area contributed by atoms with Gasteiger partial charge in [0, 0.05) is 19.4 Å². The fourth-order valence-corrected chi connectivity index (χ4v) is 6.89. The van der Waals surface area contributed by atoms with Crippen molar-refractivity contribution < 1.29 is 37.6 Å². The van der Waals surface area contributed by atoms with Gasteiger partial charge < -0.3 is 20.1 Å². The van der Waals surface area contributed by atoms with E-state index in [9.17, 15) is 19.0 Å². The normalized spacial score (nSPS) is 13.9. The highest BCUT2D eigenvalue weighted by atomic mass is 31.2. The van der Waals surface area contributed by atoms with Gasteiger partial charge in [0.05, 0.1) is 13.2 Å². The Morgan fingerprint density at radius 1 is 0.525 bits per heavy atom. The van der Waals surface area contributed by atoms with Gasteiger partial charge in [0.15, 0.2) is 6.10 Å². The maximum Gasteiger partial charge on any atom is 0.472 e. The first-order valence-corrected chi connectivity index (χ1v) is 24.9. The van der Waals surface area contributed by atoms with Crippen LogP contribution in [0.1, 0.15) is 194 Å². The predicted molar refractivity (Wildman–Crippen MR) is 247 cm³/mol. The highest BCUT2D eigenvalue weighted by molar-refractivity contribution is 7.47. The van der Waals surface area contributed by atoms with Crippen molar-refractivity contribution in [1.29, 1.82) is 0 Å². The Labute approximate surface area is 361 Å². The predicted octanol–water partition coefficient (Wildman–Crippen LogP) is 13.8. The molecule has 340 valence electrons. The third-order valence-electron chi connectivity index (χ3n) is 9.58. The molecule has 0 aromatic carbocycles. The zero-order valence-electron chi connectivity index (χ0n) is 37.5. The van der Waals surface area contributed by atoms with E-state index >= 15 is 0 Å². The van der Waals surface area contributed by atoms with Gasteiger partial charge in [-0.3, -0.25) is 18.6 Å². The standard InChI is InChI=1S/C49H86NO8P/c1-3-5-7-9-11-13-15-17-19-21-23-25-27-29-31-33-35-37-39-41-48(51)55-45-47(46-57-59(53,54)56-44-43-50)58-49(52)42-40-38-36-34-32-30-28-26-24-22-20-18-16-14-12-10-8-6-4-2/h5,7,11,13,17-20,23,25,29,31,47H,3-4,6,8-10,12,14-16,21-22,24,26-28,30,32-46,50H2,1-2H3,(H,53,54)/t47-/m1/s1. The molecule has 0 bridgehead atoms. The molecule has 0 heterocycles. The van der Waals surface area contributed by atoms with Crippen LogP contribution in [-0.4, -0.2) is 49.3 Å².